The molecule has 0 bridgehead atoms. The van der Waals surface area contributed by atoms with E-state index in [1.807, 2.05) is 0 Å². The minimum absolute atomic E-state index is 0.101. The molecular weight excluding hydrogens is 202 g/mol. The Morgan fingerprint density at radius 3 is 2.60 bits per heavy atom. The lowest BCUT2D eigenvalue weighted by molar-refractivity contribution is -0.137. The highest BCUT2D eigenvalue weighted by atomic mass is 19.3. The first kappa shape index (κ1) is 11.6. The van der Waals surface area contributed by atoms with Crippen LogP contribution >= 0.6 is 0 Å². The molecule has 0 aliphatic carbocycles. The highest BCUT2D eigenvalue weighted by molar-refractivity contribution is 5.88. The van der Waals surface area contributed by atoms with Crippen molar-refractivity contribution < 1.29 is 18.3 Å². The second-order valence-electron chi connectivity index (χ2n) is 3.04. The largest absolute Gasteiger partial charge is 0.468 e. The molecule has 0 heterocycles. The number of hydrogen-bond donors (Lipinski definition) is 0. The smallest absolute Gasteiger partial charge is 0.317 e. The molecule has 1 aromatic rings. The summed E-state index contributed by atoms with van der Waals surface area (Å²) in [7, 11) is 1.25. The molecule has 0 saturated heterocycles. The molecule has 0 fully saturated rings. The van der Waals surface area contributed by atoms with Crippen LogP contribution in [0.1, 0.15) is 24.5 Å². The van der Waals surface area contributed by atoms with Gasteiger partial charge in [-0.15, -0.1) is 0 Å². The normalized spacial score (nSPS) is 10.8. The Labute approximate surface area is 86.9 Å². The zero-order valence-corrected chi connectivity index (χ0v) is 8.46. The Bertz CT molecular complexity index is 350. The van der Waals surface area contributed by atoms with Gasteiger partial charge in [-0.3, -0.25) is 4.79 Å². The Morgan fingerprint density at radius 2 is 2.07 bits per heavy atom. The van der Waals surface area contributed by atoms with E-state index >= 15 is 0 Å². The summed E-state index contributed by atoms with van der Waals surface area (Å²) in [6.07, 6.45) is -2.53. The molecule has 0 saturated carbocycles. The molecule has 0 amide bonds. The third-order valence-electron chi connectivity index (χ3n) is 2.06. The number of ether oxygens (including phenoxy) is 1. The highest BCUT2D eigenvalue weighted by Crippen LogP contribution is 2.23. The van der Waals surface area contributed by atoms with Gasteiger partial charge < -0.3 is 4.74 Å². The van der Waals surface area contributed by atoms with Gasteiger partial charge in [0.2, 0.25) is 0 Å². The fourth-order valence-electron chi connectivity index (χ4n) is 1.18. The molecule has 0 atom stereocenters. The van der Waals surface area contributed by atoms with E-state index in [2.05, 4.69) is 4.74 Å². The molecule has 1 aromatic carbocycles. The van der Waals surface area contributed by atoms with Crippen molar-refractivity contribution in [2.45, 2.75) is 13.3 Å². The first-order valence-electron chi connectivity index (χ1n) is 4.36. The van der Waals surface area contributed by atoms with Crippen LogP contribution in [-0.4, -0.2) is 13.1 Å². The second-order valence-corrected chi connectivity index (χ2v) is 3.04. The van der Waals surface area contributed by atoms with Gasteiger partial charge in [0.1, 0.15) is 5.92 Å². The maximum atomic E-state index is 12.4. The summed E-state index contributed by atoms with van der Waals surface area (Å²) in [5, 5.41) is 0. The van der Waals surface area contributed by atoms with Crippen molar-refractivity contribution in [1.29, 1.82) is 0 Å². The molecular formula is C11H11F2O2. The van der Waals surface area contributed by atoms with Crippen LogP contribution in [0, 0.1) is 5.92 Å². The van der Waals surface area contributed by atoms with E-state index in [-0.39, 0.29) is 5.56 Å². The van der Waals surface area contributed by atoms with Crippen molar-refractivity contribution in [2.75, 3.05) is 7.11 Å². The number of halogens is 2. The SMILES string of the molecule is COC(=O)[C](C)c1cccc(C(F)F)c1. The van der Waals surface area contributed by atoms with Gasteiger partial charge in [0.25, 0.3) is 6.43 Å². The lowest BCUT2D eigenvalue weighted by Crippen LogP contribution is -2.11. The van der Waals surface area contributed by atoms with E-state index in [0.717, 1.165) is 0 Å². The summed E-state index contributed by atoms with van der Waals surface area (Å²) in [5.74, 6) is -0.193. The Hall–Kier alpha value is -1.45. The Kier molecular flexibility index (Phi) is 3.77. The Morgan fingerprint density at radius 1 is 1.40 bits per heavy atom. The van der Waals surface area contributed by atoms with Crippen molar-refractivity contribution in [1.82, 2.24) is 0 Å². The number of carbonyl (C=O) groups is 1. The van der Waals surface area contributed by atoms with Crippen molar-refractivity contribution in [3.05, 3.63) is 41.3 Å². The van der Waals surface area contributed by atoms with E-state index in [4.69, 9.17) is 0 Å². The molecule has 0 N–H and O–H groups in total. The van der Waals surface area contributed by atoms with Crippen LogP contribution in [0.15, 0.2) is 24.3 Å². The van der Waals surface area contributed by atoms with Gasteiger partial charge in [0, 0.05) is 5.56 Å². The van der Waals surface area contributed by atoms with Crippen LogP contribution in [0.5, 0.6) is 0 Å². The lowest BCUT2D eigenvalue weighted by atomic mass is 9.99. The van der Waals surface area contributed by atoms with Crippen LogP contribution in [0.25, 0.3) is 0 Å². The summed E-state index contributed by atoms with van der Waals surface area (Å²) in [5.41, 5.74) is 0.357. The molecule has 0 unspecified atom stereocenters. The average Bonchev–Trinajstić information content (AvgIpc) is 2.27. The van der Waals surface area contributed by atoms with Crippen LogP contribution in [0.2, 0.25) is 0 Å². The van der Waals surface area contributed by atoms with Gasteiger partial charge >= 0.3 is 5.97 Å². The van der Waals surface area contributed by atoms with Crippen molar-refractivity contribution in [3.8, 4) is 0 Å². The fraction of sp³-hybridized carbons (Fsp3) is 0.273. The number of carbonyl (C=O) groups excluding carboxylic acids is 1. The molecule has 0 aliphatic heterocycles. The standard InChI is InChI=1S/C11H11F2O2/c1-7(11(14)15-2)8-4-3-5-9(6-8)10(12)13/h3-6,10H,1-2H3. The van der Waals surface area contributed by atoms with Crippen LogP contribution < -0.4 is 0 Å². The van der Waals surface area contributed by atoms with Gasteiger partial charge in [-0.2, -0.15) is 0 Å². The van der Waals surface area contributed by atoms with Gasteiger partial charge in [0.05, 0.1) is 7.11 Å². The van der Waals surface area contributed by atoms with E-state index in [9.17, 15) is 13.6 Å². The summed E-state index contributed by atoms with van der Waals surface area (Å²) in [4.78, 5) is 11.1. The maximum absolute atomic E-state index is 12.4. The summed E-state index contributed by atoms with van der Waals surface area (Å²) in [6.45, 7) is 1.54. The van der Waals surface area contributed by atoms with E-state index < -0.39 is 12.4 Å². The summed E-state index contributed by atoms with van der Waals surface area (Å²) < 4.78 is 29.2. The first-order valence-corrected chi connectivity index (χ1v) is 4.36. The van der Waals surface area contributed by atoms with E-state index in [1.165, 1.54) is 32.2 Å². The van der Waals surface area contributed by atoms with Gasteiger partial charge in [0.15, 0.2) is 0 Å². The molecule has 0 spiro atoms. The molecule has 4 heteroatoms. The zero-order chi connectivity index (χ0) is 11.4. The monoisotopic (exact) mass is 213 g/mol. The third-order valence-corrected chi connectivity index (χ3v) is 2.06. The van der Waals surface area contributed by atoms with Crippen molar-refractivity contribution in [2.24, 2.45) is 0 Å². The van der Waals surface area contributed by atoms with Gasteiger partial charge in [-0.05, 0) is 18.6 Å². The molecule has 1 radical (unpaired) electrons. The summed E-state index contributed by atoms with van der Waals surface area (Å²) >= 11 is 0. The van der Waals surface area contributed by atoms with Crippen LogP contribution in [-0.2, 0) is 9.53 Å². The highest BCUT2D eigenvalue weighted by Gasteiger charge is 2.18. The lowest BCUT2D eigenvalue weighted by Gasteiger charge is -2.09. The van der Waals surface area contributed by atoms with E-state index in [0.29, 0.717) is 11.5 Å². The number of esters is 1. The molecule has 1 rings (SSSR count). The molecule has 2 nitrogen and oxygen atoms in total. The second kappa shape index (κ2) is 4.87. The van der Waals surface area contributed by atoms with Crippen molar-refractivity contribution >= 4 is 5.97 Å². The van der Waals surface area contributed by atoms with Crippen LogP contribution in [0.3, 0.4) is 0 Å². The van der Waals surface area contributed by atoms with Crippen LogP contribution in [0.4, 0.5) is 8.78 Å². The quantitative estimate of drug-likeness (QED) is 0.721. The third kappa shape index (κ3) is 2.75. The zero-order valence-electron chi connectivity index (χ0n) is 8.46. The van der Waals surface area contributed by atoms with Crippen molar-refractivity contribution in [3.63, 3.8) is 0 Å². The molecule has 15 heavy (non-hydrogen) atoms. The first-order chi connectivity index (χ1) is 7.06. The minimum Gasteiger partial charge on any atom is -0.468 e. The van der Waals surface area contributed by atoms with E-state index in [1.54, 1.807) is 6.07 Å². The molecule has 81 valence electrons. The average molecular weight is 213 g/mol. The topological polar surface area (TPSA) is 26.3 Å². The number of hydrogen-bond acceptors (Lipinski definition) is 2. The summed E-state index contributed by atoms with van der Waals surface area (Å²) in [6, 6.07) is 5.69. The molecule has 0 aromatic heterocycles. The number of benzene rings is 1. The number of alkyl halides is 2. The molecule has 0 aliphatic rings. The fourth-order valence-corrected chi connectivity index (χ4v) is 1.18. The maximum Gasteiger partial charge on any atom is 0.317 e. The minimum atomic E-state index is -2.53. The van der Waals surface area contributed by atoms with Gasteiger partial charge in [-0.1, -0.05) is 18.2 Å². The predicted molar refractivity (Wildman–Crippen MR) is 51.4 cm³/mol. The number of rotatable bonds is 3. The van der Waals surface area contributed by atoms with Gasteiger partial charge in [-0.25, -0.2) is 8.78 Å². The Balaban J connectivity index is 2.95. The predicted octanol–water partition coefficient (Wildman–Crippen LogP) is 2.74. The number of methoxy groups -OCH3 is 1.